The van der Waals surface area contributed by atoms with Crippen molar-refractivity contribution in [1.29, 1.82) is 0 Å². The highest BCUT2D eigenvalue weighted by Gasteiger charge is 2.11. The highest BCUT2D eigenvalue weighted by Crippen LogP contribution is 2.11. The molecule has 0 spiro atoms. The second-order valence-corrected chi connectivity index (χ2v) is 4.00. The highest BCUT2D eigenvalue weighted by molar-refractivity contribution is 7.09. The zero-order valence-corrected chi connectivity index (χ0v) is 8.50. The summed E-state index contributed by atoms with van der Waals surface area (Å²) in [5.74, 6) is 0.371. The Morgan fingerprint density at radius 2 is 2.50 bits per heavy atom. The zero-order chi connectivity index (χ0) is 9.97. The van der Waals surface area contributed by atoms with Gasteiger partial charge >= 0.3 is 0 Å². The van der Waals surface area contributed by atoms with Gasteiger partial charge in [-0.25, -0.2) is 4.98 Å². The van der Waals surface area contributed by atoms with Gasteiger partial charge in [0.2, 0.25) is 5.78 Å². The van der Waals surface area contributed by atoms with Crippen molar-refractivity contribution in [2.75, 3.05) is 0 Å². The van der Waals surface area contributed by atoms with Crippen molar-refractivity contribution < 1.29 is 9.21 Å². The standard InChI is InChI=1S/C10H9NO2S/c1-7-11-8(6-14-7)5-9(12)10-3-2-4-13-10/h2-4,6H,5H2,1H3. The van der Waals surface area contributed by atoms with Crippen molar-refractivity contribution >= 4 is 17.1 Å². The third kappa shape index (κ3) is 1.90. The third-order valence-corrected chi connectivity index (χ3v) is 2.63. The summed E-state index contributed by atoms with van der Waals surface area (Å²) < 4.78 is 5.00. The Bertz CT molecular complexity index is 431. The Labute approximate surface area is 85.4 Å². The van der Waals surface area contributed by atoms with E-state index in [2.05, 4.69) is 4.98 Å². The predicted octanol–water partition coefficient (Wildman–Crippen LogP) is 2.47. The van der Waals surface area contributed by atoms with Crippen LogP contribution in [0, 0.1) is 6.92 Å². The molecular weight excluding hydrogens is 198 g/mol. The van der Waals surface area contributed by atoms with E-state index in [-0.39, 0.29) is 5.78 Å². The Morgan fingerprint density at radius 3 is 3.07 bits per heavy atom. The Morgan fingerprint density at radius 1 is 1.64 bits per heavy atom. The molecule has 0 aromatic carbocycles. The fourth-order valence-electron chi connectivity index (χ4n) is 1.18. The molecule has 0 bridgehead atoms. The van der Waals surface area contributed by atoms with Gasteiger partial charge in [0.15, 0.2) is 5.76 Å². The van der Waals surface area contributed by atoms with Crippen molar-refractivity contribution in [2.24, 2.45) is 0 Å². The molecule has 0 fully saturated rings. The van der Waals surface area contributed by atoms with Gasteiger partial charge in [-0.3, -0.25) is 4.79 Å². The van der Waals surface area contributed by atoms with Crippen LogP contribution < -0.4 is 0 Å². The lowest BCUT2D eigenvalue weighted by Gasteiger charge is -1.92. The molecule has 2 heterocycles. The molecule has 0 unspecified atom stereocenters. The van der Waals surface area contributed by atoms with Gasteiger partial charge in [0, 0.05) is 5.38 Å². The molecule has 0 radical (unpaired) electrons. The van der Waals surface area contributed by atoms with Crippen LogP contribution in [0.15, 0.2) is 28.2 Å². The van der Waals surface area contributed by atoms with E-state index in [4.69, 9.17) is 4.42 Å². The molecule has 2 aromatic rings. The number of rotatable bonds is 3. The van der Waals surface area contributed by atoms with Crippen LogP contribution in [-0.2, 0) is 6.42 Å². The van der Waals surface area contributed by atoms with Gasteiger partial charge in [0.25, 0.3) is 0 Å². The summed E-state index contributed by atoms with van der Waals surface area (Å²) in [6.07, 6.45) is 1.82. The van der Waals surface area contributed by atoms with Gasteiger partial charge in [-0.05, 0) is 19.1 Å². The summed E-state index contributed by atoms with van der Waals surface area (Å²) in [7, 11) is 0. The number of ketones is 1. The zero-order valence-electron chi connectivity index (χ0n) is 7.69. The summed E-state index contributed by atoms with van der Waals surface area (Å²) in [5, 5.41) is 2.88. The minimum Gasteiger partial charge on any atom is -0.461 e. The van der Waals surface area contributed by atoms with Crippen LogP contribution in [0.4, 0.5) is 0 Å². The van der Waals surface area contributed by atoms with E-state index in [1.807, 2.05) is 12.3 Å². The van der Waals surface area contributed by atoms with Crippen LogP contribution in [-0.4, -0.2) is 10.8 Å². The van der Waals surface area contributed by atoms with Crippen molar-refractivity contribution in [2.45, 2.75) is 13.3 Å². The van der Waals surface area contributed by atoms with Crippen LogP contribution in [0.25, 0.3) is 0 Å². The summed E-state index contributed by atoms with van der Waals surface area (Å²) in [4.78, 5) is 15.8. The predicted molar refractivity (Wildman–Crippen MR) is 53.6 cm³/mol. The first-order chi connectivity index (χ1) is 6.75. The first-order valence-electron chi connectivity index (χ1n) is 4.23. The average molecular weight is 207 g/mol. The number of aromatic nitrogens is 1. The molecule has 0 aliphatic rings. The van der Waals surface area contributed by atoms with Gasteiger partial charge in [-0.2, -0.15) is 0 Å². The Hall–Kier alpha value is -1.42. The van der Waals surface area contributed by atoms with E-state index in [1.54, 1.807) is 23.5 Å². The maximum atomic E-state index is 11.6. The minimum atomic E-state index is -0.0275. The number of hydrogen-bond acceptors (Lipinski definition) is 4. The topological polar surface area (TPSA) is 43.1 Å². The lowest BCUT2D eigenvalue weighted by molar-refractivity contribution is 0.0965. The number of thiazole rings is 1. The van der Waals surface area contributed by atoms with E-state index in [0.717, 1.165) is 10.7 Å². The first-order valence-corrected chi connectivity index (χ1v) is 5.11. The number of nitrogens with zero attached hydrogens (tertiary/aromatic N) is 1. The number of aryl methyl sites for hydroxylation is 1. The normalized spacial score (nSPS) is 10.4. The van der Waals surface area contributed by atoms with Gasteiger partial charge in [0.1, 0.15) is 0 Å². The van der Waals surface area contributed by atoms with E-state index in [0.29, 0.717) is 12.2 Å². The molecule has 2 rings (SSSR count). The van der Waals surface area contributed by atoms with E-state index in [9.17, 15) is 4.79 Å². The molecule has 0 saturated heterocycles. The number of carbonyl (C=O) groups excluding carboxylic acids is 1. The maximum absolute atomic E-state index is 11.6. The fourth-order valence-corrected chi connectivity index (χ4v) is 1.79. The molecule has 72 valence electrons. The number of furan rings is 1. The largest absolute Gasteiger partial charge is 0.461 e. The maximum Gasteiger partial charge on any atom is 0.203 e. The molecule has 3 nitrogen and oxygen atoms in total. The summed E-state index contributed by atoms with van der Waals surface area (Å²) in [5.41, 5.74) is 0.814. The molecule has 0 amide bonds. The second-order valence-electron chi connectivity index (χ2n) is 2.94. The Balaban J connectivity index is 2.09. The van der Waals surface area contributed by atoms with Crippen LogP contribution in [0.3, 0.4) is 0 Å². The van der Waals surface area contributed by atoms with E-state index >= 15 is 0 Å². The number of Topliss-reactive ketones (excluding diaryl/α,β-unsaturated/α-hetero) is 1. The third-order valence-electron chi connectivity index (χ3n) is 1.80. The quantitative estimate of drug-likeness (QED) is 0.726. The molecule has 0 aliphatic carbocycles. The van der Waals surface area contributed by atoms with Crippen LogP contribution in [0.5, 0.6) is 0 Å². The fraction of sp³-hybridized carbons (Fsp3) is 0.200. The second kappa shape index (κ2) is 3.75. The number of carbonyl (C=O) groups is 1. The van der Waals surface area contributed by atoms with Crippen LogP contribution in [0.1, 0.15) is 21.3 Å². The summed E-state index contributed by atoms with van der Waals surface area (Å²) >= 11 is 1.55. The van der Waals surface area contributed by atoms with Gasteiger partial charge in [-0.1, -0.05) is 0 Å². The van der Waals surface area contributed by atoms with E-state index in [1.165, 1.54) is 6.26 Å². The minimum absolute atomic E-state index is 0.0275. The molecule has 0 atom stereocenters. The van der Waals surface area contributed by atoms with Gasteiger partial charge in [-0.15, -0.1) is 11.3 Å². The summed E-state index contributed by atoms with van der Waals surface area (Å²) in [6.45, 7) is 1.92. The average Bonchev–Trinajstić information content (AvgIpc) is 2.75. The smallest absolute Gasteiger partial charge is 0.203 e. The van der Waals surface area contributed by atoms with Crippen molar-refractivity contribution in [3.63, 3.8) is 0 Å². The first kappa shape index (κ1) is 9.15. The molecular formula is C10H9NO2S. The molecule has 4 heteroatoms. The Kier molecular flexibility index (Phi) is 2.45. The molecule has 0 N–H and O–H groups in total. The molecule has 2 aromatic heterocycles. The monoisotopic (exact) mass is 207 g/mol. The molecule has 14 heavy (non-hydrogen) atoms. The lowest BCUT2D eigenvalue weighted by Crippen LogP contribution is -2.02. The van der Waals surface area contributed by atoms with Gasteiger partial charge < -0.3 is 4.42 Å². The van der Waals surface area contributed by atoms with Crippen molar-refractivity contribution in [1.82, 2.24) is 4.98 Å². The van der Waals surface area contributed by atoms with Crippen molar-refractivity contribution in [3.05, 3.63) is 40.2 Å². The lowest BCUT2D eigenvalue weighted by atomic mass is 10.2. The van der Waals surface area contributed by atoms with E-state index < -0.39 is 0 Å². The van der Waals surface area contributed by atoms with Gasteiger partial charge in [0.05, 0.1) is 23.4 Å². The molecule has 0 saturated carbocycles. The highest BCUT2D eigenvalue weighted by atomic mass is 32.1. The molecule has 0 aliphatic heterocycles. The number of hydrogen-bond donors (Lipinski definition) is 0. The summed E-state index contributed by atoms with van der Waals surface area (Å²) in [6, 6.07) is 3.38. The van der Waals surface area contributed by atoms with Crippen molar-refractivity contribution in [3.8, 4) is 0 Å². The van der Waals surface area contributed by atoms with Crippen LogP contribution >= 0.6 is 11.3 Å². The SMILES string of the molecule is Cc1nc(CC(=O)c2ccco2)cs1. The van der Waals surface area contributed by atoms with Crippen LogP contribution in [0.2, 0.25) is 0 Å².